The van der Waals surface area contributed by atoms with Crippen LogP contribution in [0.3, 0.4) is 0 Å². The van der Waals surface area contributed by atoms with E-state index in [9.17, 15) is 0 Å². The van der Waals surface area contributed by atoms with Gasteiger partial charge in [-0.1, -0.05) is 128 Å². The first-order chi connectivity index (χ1) is 21.8. The van der Waals surface area contributed by atoms with Gasteiger partial charge in [-0.05, 0) is 92.7 Å². The second-order valence-electron chi connectivity index (χ2n) is 15.8. The highest BCUT2D eigenvalue weighted by Crippen LogP contribution is 2.56. The summed E-state index contributed by atoms with van der Waals surface area (Å²) in [6, 6.07) is 10.2. The van der Waals surface area contributed by atoms with Crippen molar-refractivity contribution in [2.45, 2.75) is 184 Å². The van der Waals surface area contributed by atoms with E-state index in [1.807, 2.05) is 0 Å². The fraction of sp³-hybridized carbons (Fsp3) is 0.800. The molecule has 0 aromatic heterocycles. The minimum absolute atomic E-state index is 0.204. The van der Waals surface area contributed by atoms with Gasteiger partial charge in [-0.25, -0.2) is 0 Å². The lowest BCUT2D eigenvalue weighted by Gasteiger charge is -2.42. The highest BCUT2D eigenvalue weighted by atomic mass is 31.1. The normalized spacial score (nSPS) is 29.3. The van der Waals surface area contributed by atoms with Crippen molar-refractivity contribution in [1.29, 1.82) is 0 Å². The molecule has 1 aromatic carbocycles. The van der Waals surface area contributed by atoms with E-state index < -0.39 is 0 Å². The molecule has 6 aliphatic rings. The van der Waals surface area contributed by atoms with Crippen LogP contribution in [-0.4, -0.2) is 40.0 Å². The number of carbonyl (C=O) groups is 1. The SMILES string of the molecule is O=C(C1CCCCC1)N1C(c2ccccc2P(C2CCCCC2)C2CCCCC2)=N[C@H](C2CCCCC2)[C@H]1C1CCCCC1. The van der Waals surface area contributed by atoms with Crippen LogP contribution in [0.25, 0.3) is 0 Å². The van der Waals surface area contributed by atoms with Gasteiger partial charge in [-0.15, -0.1) is 0 Å². The highest BCUT2D eigenvalue weighted by molar-refractivity contribution is 7.67. The molecule has 44 heavy (non-hydrogen) atoms. The average molecular weight is 617 g/mol. The Hall–Kier alpha value is -1.21. The van der Waals surface area contributed by atoms with Gasteiger partial charge in [-0.2, -0.15) is 0 Å². The Bertz CT molecular complexity index is 1080. The van der Waals surface area contributed by atoms with E-state index in [2.05, 4.69) is 29.2 Å². The predicted octanol–water partition coefficient (Wildman–Crippen LogP) is 10.5. The molecule has 5 fully saturated rings. The standard InChI is InChI=1S/C40H61N2OP/c43-40(32-22-10-3-11-23-32)42-38(31-20-8-2-9-21-31)37(30-18-6-1-7-19-30)41-39(42)35-28-16-17-29-36(35)44(33-24-12-4-13-25-33)34-26-14-5-15-27-34/h16-17,28-34,37-38H,1-15,18-27H2/t37-,38-/m1/s1. The summed E-state index contributed by atoms with van der Waals surface area (Å²) in [7, 11) is -0.258. The third-order valence-corrected chi connectivity index (χ3v) is 16.5. The van der Waals surface area contributed by atoms with E-state index in [4.69, 9.17) is 4.99 Å². The summed E-state index contributed by atoms with van der Waals surface area (Å²) < 4.78 is 0. The summed E-state index contributed by atoms with van der Waals surface area (Å²) in [5.41, 5.74) is 3.10. The second-order valence-corrected chi connectivity index (χ2v) is 18.5. The maximum atomic E-state index is 15.0. The molecular formula is C40H61N2OP. The van der Waals surface area contributed by atoms with Crippen LogP contribution in [0.1, 0.15) is 166 Å². The minimum Gasteiger partial charge on any atom is -0.291 e. The quantitative estimate of drug-likeness (QED) is 0.281. The number of rotatable bonds is 7. The lowest BCUT2D eigenvalue weighted by Crippen LogP contribution is -2.53. The molecule has 1 aromatic rings. The van der Waals surface area contributed by atoms with Crippen LogP contribution in [0.5, 0.6) is 0 Å². The van der Waals surface area contributed by atoms with Gasteiger partial charge in [0.15, 0.2) is 0 Å². The van der Waals surface area contributed by atoms with E-state index in [1.165, 1.54) is 153 Å². The molecule has 0 bridgehead atoms. The van der Waals surface area contributed by atoms with Crippen LogP contribution in [0.4, 0.5) is 0 Å². The molecule has 0 radical (unpaired) electrons. The minimum atomic E-state index is -0.258. The number of hydrogen-bond donors (Lipinski definition) is 0. The van der Waals surface area contributed by atoms with Gasteiger partial charge in [0.2, 0.25) is 5.91 Å². The van der Waals surface area contributed by atoms with Crippen molar-refractivity contribution in [3.05, 3.63) is 29.8 Å². The maximum Gasteiger partial charge on any atom is 0.231 e. The molecule has 0 spiro atoms. The van der Waals surface area contributed by atoms with Crippen LogP contribution < -0.4 is 5.30 Å². The van der Waals surface area contributed by atoms with Crippen LogP contribution in [-0.2, 0) is 4.79 Å². The van der Waals surface area contributed by atoms with Crippen LogP contribution in [0, 0.1) is 17.8 Å². The molecule has 1 aliphatic heterocycles. The molecule has 242 valence electrons. The molecule has 0 saturated heterocycles. The summed E-state index contributed by atoms with van der Waals surface area (Å²) in [6.07, 6.45) is 33.5. The van der Waals surface area contributed by atoms with Gasteiger partial charge in [0.25, 0.3) is 0 Å². The van der Waals surface area contributed by atoms with Crippen LogP contribution >= 0.6 is 7.92 Å². The number of amidine groups is 1. The van der Waals surface area contributed by atoms with Crippen molar-refractivity contribution in [2.24, 2.45) is 22.7 Å². The van der Waals surface area contributed by atoms with Crippen molar-refractivity contribution in [2.75, 3.05) is 0 Å². The van der Waals surface area contributed by atoms with Crippen LogP contribution in [0.2, 0.25) is 0 Å². The van der Waals surface area contributed by atoms with Crippen molar-refractivity contribution in [3.8, 4) is 0 Å². The summed E-state index contributed by atoms with van der Waals surface area (Å²) in [4.78, 5) is 23.4. The highest BCUT2D eigenvalue weighted by Gasteiger charge is 2.49. The molecule has 1 amide bonds. The number of benzene rings is 1. The molecular weight excluding hydrogens is 555 g/mol. The van der Waals surface area contributed by atoms with Crippen molar-refractivity contribution in [3.63, 3.8) is 0 Å². The fourth-order valence-corrected chi connectivity index (χ4v) is 14.6. The predicted molar refractivity (Wildman–Crippen MR) is 187 cm³/mol. The summed E-state index contributed by atoms with van der Waals surface area (Å²) >= 11 is 0. The van der Waals surface area contributed by atoms with Gasteiger partial charge in [0.05, 0.1) is 12.1 Å². The first kappa shape index (κ1) is 31.4. The molecule has 3 nitrogen and oxygen atoms in total. The van der Waals surface area contributed by atoms with Gasteiger partial charge in [-0.3, -0.25) is 14.7 Å². The fourth-order valence-electron chi connectivity index (χ4n) is 10.7. The molecule has 0 N–H and O–H groups in total. The molecule has 5 saturated carbocycles. The smallest absolute Gasteiger partial charge is 0.231 e. The Balaban J connectivity index is 1.32. The van der Waals surface area contributed by atoms with Crippen molar-refractivity contribution >= 4 is 25.0 Å². The third-order valence-electron chi connectivity index (χ3n) is 13.0. The topological polar surface area (TPSA) is 32.7 Å². The Morgan fingerprint density at radius 3 is 1.64 bits per heavy atom. The third kappa shape index (κ3) is 6.75. The molecule has 4 heteroatoms. The summed E-state index contributed by atoms with van der Waals surface area (Å²) in [5.74, 6) is 3.08. The summed E-state index contributed by atoms with van der Waals surface area (Å²) in [5, 5.41) is 1.63. The van der Waals surface area contributed by atoms with Gasteiger partial charge < -0.3 is 0 Å². The lowest BCUT2D eigenvalue weighted by molar-refractivity contribution is -0.135. The van der Waals surface area contributed by atoms with Crippen molar-refractivity contribution in [1.82, 2.24) is 4.90 Å². The Labute approximate surface area is 270 Å². The average Bonchev–Trinajstić information content (AvgIpc) is 3.51. The largest absolute Gasteiger partial charge is 0.291 e. The van der Waals surface area contributed by atoms with Crippen molar-refractivity contribution < 1.29 is 4.79 Å². The number of amides is 1. The van der Waals surface area contributed by atoms with E-state index in [1.54, 1.807) is 5.30 Å². The van der Waals surface area contributed by atoms with Crippen LogP contribution in [0.15, 0.2) is 29.3 Å². The monoisotopic (exact) mass is 616 g/mol. The first-order valence-corrected chi connectivity index (χ1v) is 21.1. The Morgan fingerprint density at radius 2 is 1.07 bits per heavy atom. The number of nitrogens with zero attached hydrogens (tertiary/aromatic N) is 2. The zero-order chi connectivity index (χ0) is 29.7. The summed E-state index contributed by atoms with van der Waals surface area (Å²) in [6.45, 7) is 0. The van der Waals surface area contributed by atoms with Gasteiger partial charge in [0.1, 0.15) is 5.84 Å². The van der Waals surface area contributed by atoms with Gasteiger partial charge in [0, 0.05) is 11.5 Å². The van der Waals surface area contributed by atoms with E-state index in [-0.39, 0.29) is 13.8 Å². The first-order valence-electron chi connectivity index (χ1n) is 19.6. The van der Waals surface area contributed by atoms with E-state index in [0.29, 0.717) is 29.8 Å². The molecule has 1 heterocycles. The molecule has 5 aliphatic carbocycles. The number of hydrogen-bond acceptors (Lipinski definition) is 2. The molecule has 0 unspecified atom stereocenters. The lowest BCUT2D eigenvalue weighted by atomic mass is 9.74. The Kier molecular flexibility index (Phi) is 10.8. The zero-order valence-corrected chi connectivity index (χ0v) is 28.7. The number of carbonyl (C=O) groups excluding carboxylic acids is 1. The van der Waals surface area contributed by atoms with Gasteiger partial charge >= 0.3 is 0 Å². The van der Waals surface area contributed by atoms with E-state index in [0.717, 1.165) is 30.0 Å². The molecule has 7 rings (SSSR count). The van der Waals surface area contributed by atoms with E-state index >= 15 is 4.79 Å². The maximum absolute atomic E-state index is 15.0. The zero-order valence-electron chi connectivity index (χ0n) is 27.8. The number of aliphatic imine (C=N–C) groups is 1. The Morgan fingerprint density at radius 1 is 0.591 bits per heavy atom. The second kappa shape index (κ2) is 15.1. The molecule has 2 atom stereocenters.